The molecule has 0 aliphatic rings. The van der Waals surface area contributed by atoms with Gasteiger partial charge in [-0.15, -0.1) is 0 Å². The zero-order chi connectivity index (χ0) is 13.1. The minimum atomic E-state index is 0.584. The molecule has 3 rings (SSSR count). The Balaban J connectivity index is 1.89. The van der Waals surface area contributed by atoms with Crippen molar-refractivity contribution in [2.45, 2.75) is 19.5 Å². The molecule has 96 valence electrons. The molecule has 0 aliphatic carbocycles. The minimum absolute atomic E-state index is 0.584. The Morgan fingerprint density at radius 3 is 2.79 bits per heavy atom. The molecule has 3 aromatic rings. The van der Waals surface area contributed by atoms with Gasteiger partial charge >= 0.3 is 0 Å². The second-order valence-electron chi connectivity index (χ2n) is 4.68. The quantitative estimate of drug-likeness (QED) is 0.775. The third kappa shape index (κ3) is 2.37. The van der Waals surface area contributed by atoms with Crippen molar-refractivity contribution in [3.05, 3.63) is 66.1 Å². The van der Waals surface area contributed by atoms with Crippen LogP contribution in [0.4, 0.5) is 0 Å². The van der Waals surface area contributed by atoms with Gasteiger partial charge < -0.3 is 10.3 Å². The van der Waals surface area contributed by atoms with Crippen LogP contribution < -0.4 is 5.73 Å². The van der Waals surface area contributed by atoms with Gasteiger partial charge in [0, 0.05) is 42.6 Å². The summed E-state index contributed by atoms with van der Waals surface area (Å²) in [6.45, 7) is 1.53. The summed E-state index contributed by atoms with van der Waals surface area (Å²) in [7, 11) is 0. The Morgan fingerprint density at radius 2 is 2.00 bits per heavy atom. The average molecular weight is 251 g/mol. The number of para-hydroxylation sites is 1. The van der Waals surface area contributed by atoms with Gasteiger partial charge in [0.05, 0.1) is 0 Å². The van der Waals surface area contributed by atoms with Crippen LogP contribution in [-0.2, 0) is 19.5 Å². The zero-order valence-electron chi connectivity index (χ0n) is 10.8. The number of pyridine rings is 1. The largest absolute Gasteiger partial charge is 0.347 e. The van der Waals surface area contributed by atoms with Crippen molar-refractivity contribution in [1.29, 1.82) is 0 Å². The van der Waals surface area contributed by atoms with E-state index in [1.54, 1.807) is 6.20 Å². The number of hydrogen-bond donors (Lipinski definition) is 1. The highest BCUT2D eigenvalue weighted by Crippen LogP contribution is 2.21. The van der Waals surface area contributed by atoms with Gasteiger partial charge in [-0.25, -0.2) is 0 Å². The van der Waals surface area contributed by atoms with Crippen molar-refractivity contribution in [3.8, 4) is 0 Å². The maximum absolute atomic E-state index is 5.81. The summed E-state index contributed by atoms with van der Waals surface area (Å²) in [5.41, 5.74) is 9.54. The molecule has 1 aromatic carbocycles. The van der Waals surface area contributed by atoms with Gasteiger partial charge in [0.25, 0.3) is 0 Å². The van der Waals surface area contributed by atoms with Gasteiger partial charge in [0.2, 0.25) is 0 Å². The molecule has 0 bridgehead atoms. The van der Waals surface area contributed by atoms with E-state index in [2.05, 4.69) is 46.1 Å². The van der Waals surface area contributed by atoms with Crippen LogP contribution in [0.15, 0.2) is 55.0 Å². The van der Waals surface area contributed by atoms with Crippen LogP contribution >= 0.6 is 0 Å². The molecule has 2 heterocycles. The van der Waals surface area contributed by atoms with Crippen molar-refractivity contribution in [2.75, 3.05) is 0 Å². The van der Waals surface area contributed by atoms with Gasteiger partial charge in [-0.2, -0.15) is 0 Å². The first-order chi connectivity index (χ1) is 9.38. The second-order valence-corrected chi connectivity index (χ2v) is 4.68. The summed E-state index contributed by atoms with van der Waals surface area (Å²) in [5, 5.41) is 1.26. The van der Waals surface area contributed by atoms with E-state index in [-0.39, 0.29) is 0 Å². The lowest BCUT2D eigenvalue weighted by Crippen LogP contribution is -2.00. The smallest absolute Gasteiger partial charge is 0.0483 e. The van der Waals surface area contributed by atoms with Crippen LogP contribution in [-0.4, -0.2) is 9.55 Å². The molecule has 3 nitrogen and oxygen atoms in total. The molecule has 0 atom stereocenters. The van der Waals surface area contributed by atoms with Crippen molar-refractivity contribution >= 4 is 10.9 Å². The molecule has 2 N–H and O–H groups in total. The summed E-state index contributed by atoms with van der Waals surface area (Å²) in [5.74, 6) is 0. The molecule has 0 aliphatic heterocycles. The number of nitrogens with two attached hydrogens (primary N) is 1. The Kier molecular flexibility index (Phi) is 3.29. The van der Waals surface area contributed by atoms with Crippen LogP contribution in [0, 0.1) is 0 Å². The standard InChI is InChI=1S/C16H17N3/c17-10-14-12-19(16-6-2-1-5-15(14)16)9-7-13-4-3-8-18-11-13/h1-6,8,11-12H,7,9-10,17H2. The van der Waals surface area contributed by atoms with Gasteiger partial charge in [0.15, 0.2) is 0 Å². The van der Waals surface area contributed by atoms with Crippen molar-refractivity contribution in [2.24, 2.45) is 5.73 Å². The Hall–Kier alpha value is -2.13. The van der Waals surface area contributed by atoms with E-state index in [1.807, 2.05) is 12.3 Å². The van der Waals surface area contributed by atoms with Crippen molar-refractivity contribution < 1.29 is 0 Å². The number of fused-ring (bicyclic) bond motifs is 1. The lowest BCUT2D eigenvalue weighted by atomic mass is 10.2. The molecule has 0 saturated heterocycles. The Morgan fingerprint density at radius 1 is 1.11 bits per heavy atom. The highest BCUT2D eigenvalue weighted by Gasteiger charge is 2.06. The molecule has 0 amide bonds. The summed E-state index contributed by atoms with van der Waals surface area (Å²) in [6.07, 6.45) is 6.88. The molecule has 2 aromatic heterocycles. The first-order valence-corrected chi connectivity index (χ1v) is 6.54. The Bertz CT molecular complexity index is 671. The highest BCUT2D eigenvalue weighted by molar-refractivity contribution is 5.83. The first-order valence-electron chi connectivity index (χ1n) is 6.54. The fraction of sp³-hybridized carbons (Fsp3) is 0.188. The summed E-state index contributed by atoms with van der Waals surface area (Å²) < 4.78 is 2.28. The van der Waals surface area contributed by atoms with E-state index in [1.165, 1.54) is 22.0 Å². The van der Waals surface area contributed by atoms with E-state index in [0.29, 0.717) is 6.54 Å². The van der Waals surface area contributed by atoms with Crippen LogP contribution in [0.3, 0.4) is 0 Å². The van der Waals surface area contributed by atoms with Crippen molar-refractivity contribution in [1.82, 2.24) is 9.55 Å². The van der Waals surface area contributed by atoms with Gasteiger partial charge in [-0.3, -0.25) is 4.98 Å². The molecule has 19 heavy (non-hydrogen) atoms. The summed E-state index contributed by atoms with van der Waals surface area (Å²) in [4.78, 5) is 4.15. The average Bonchev–Trinajstić information content (AvgIpc) is 2.84. The van der Waals surface area contributed by atoms with E-state index < -0.39 is 0 Å². The zero-order valence-corrected chi connectivity index (χ0v) is 10.8. The second kappa shape index (κ2) is 5.24. The molecule has 0 saturated carbocycles. The van der Waals surface area contributed by atoms with E-state index in [4.69, 9.17) is 5.73 Å². The number of aromatic nitrogens is 2. The lowest BCUT2D eigenvalue weighted by molar-refractivity contribution is 0.718. The third-order valence-electron chi connectivity index (χ3n) is 3.46. The maximum Gasteiger partial charge on any atom is 0.0483 e. The van der Waals surface area contributed by atoms with Crippen LogP contribution in [0.1, 0.15) is 11.1 Å². The Labute approximate surface area is 112 Å². The van der Waals surface area contributed by atoms with Crippen LogP contribution in [0.2, 0.25) is 0 Å². The van der Waals surface area contributed by atoms with Gasteiger partial charge in [0.1, 0.15) is 0 Å². The lowest BCUT2D eigenvalue weighted by Gasteiger charge is -2.05. The highest BCUT2D eigenvalue weighted by atomic mass is 15.0. The summed E-state index contributed by atoms with van der Waals surface area (Å²) in [6, 6.07) is 12.5. The number of rotatable bonds is 4. The summed E-state index contributed by atoms with van der Waals surface area (Å²) >= 11 is 0. The molecule has 0 radical (unpaired) electrons. The first kappa shape index (κ1) is 11.9. The van der Waals surface area contributed by atoms with E-state index >= 15 is 0 Å². The van der Waals surface area contributed by atoms with Crippen molar-refractivity contribution in [3.63, 3.8) is 0 Å². The third-order valence-corrected chi connectivity index (χ3v) is 3.46. The number of nitrogens with zero attached hydrogens (tertiary/aromatic N) is 2. The number of hydrogen-bond acceptors (Lipinski definition) is 2. The predicted octanol–water partition coefficient (Wildman–Crippen LogP) is 2.74. The molecule has 0 unspecified atom stereocenters. The van der Waals surface area contributed by atoms with Gasteiger partial charge in [-0.05, 0) is 29.7 Å². The normalized spacial score (nSPS) is 11.0. The predicted molar refractivity (Wildman–Crippen MR) is 77.8 cm³/mol. The minimum Gasteiger partial charge on any atom is -0.347 e. The molecule has 0 fully saturated rings. The SMILES string of the molecule is NCc1cn(CCc2cccnc2)c2ccccc12. The van der Waals surface area contributed by atoms with E-state index in [0.717, 1.165) is 13.0 Å². The van der Waals surface area contributed by atoms with Gasteiger partial charge in [-0.1, -0.05) is 24.3 Å². The number of benzene rings is 1. The molecular formula is C16H17N3. The van der Waals surface area contributed by atoms with Crippen LogP contribution in [0.25, 0.3) is 10.9 Å². The van der Waals surface area contributed by atoms with Crippen LogP contribution in [0.5, 0.6) is 0 Å². The fourth-order valence-corrected chi connectivity index (χ4v) is 2.47. The number of aryl methyl sites for hydroxylation is 2. The molecule has 3 heteroatoms. The van der Waals surface area contributed by atoms with E-state index in [9.17, 15) is 0 Å². The molecule has 0 spiro atoms. The molecular weight excluding hydrogens is 234 g/mol. The fourth-order valence-electron chi connectivity index (χ4n) is 2.47. The topological polar surface area (TPSA) is 43.8 Å². The maximum atomic E-state index is 5.81. The monoisotopic (exact) mass is 251 g/mol.